The molecule has 0 aromatic carbocycles. The molecule has 2 nitrogen and oxygen atoms in total. The van der Waals surface area contributed by atoms with Crippen molar-refractivity contribution in [2.75, 3.05) is 13.1 Å². The second kappa shape index (κ2) is 4.94. The molecular weight excluding hydrogens is 191 g/mol. The average Bonchev–Trinajstić information content (AvgIpc) is 2.30. The van der Waals surface area contributed by atoms with Crippen LogP contribution in [-0.2, 0) is 0 Å². The molecular formula is C12H19FN2. The second-order valence-electron chi connectivity index (χ2n) is 4.85. The van der Waals surface area contributed by atoms with Crippen LogP contribution in [0.25, 0.3) is 0 Å². The largest absolute Gasteiger partial charge is 0.300 e. The minimum atomic E-state index is -0.573. The van der Waals surface area contributed by atoms with E-state index >= 15 is 0 Å². The molecule has 0 bridgehead atoms. The van der Waals surface area contributed by atoms with Crippen LogP contribution in [0.4, 0.5) is 4.39 Å². The van der Waals surface area contributed by atoms with E-state index in [9.17, 15) is 4.39 Å². The number of hydrogen-bond donors (Lipinski definition) is 0. The Morgan fingerprint density at radius 3 is 2.13 bits per heavy atom. The van der Waals surface area contributed by atoms with Crippen molar-refractivity contribution in [3.05, 3.63) is 0 Å². The molecule has 0 aromatic heterocycles. The van der Waals surface area contributed by atoms with E-state index < -0.39 is 6.17 Å². The summed E-state index contributed by atoms with van der Waals surface area (Å²) in [7, 11) is 0. The zero-order valence-electron chi connectivity index (χ0n) is 9.16. The summed E-state index contributed by atoms with van der Waals surface area (Å²) < 4.78 is 13.0. The number of rotatable bonds is 1. The van der Waals surface area contributed by atoms with E-state index in [0.717, 1.165) is 38.8 Å². The molecule has 2 fully saturated rings. The van der Waals surface area contributed by atoms with Gasteiger partial charge in [-0.25, -0.2) is 4.39 Å². The highest BCUT2D eigenvalue weighted by Gasteiger charge is 2.28. The van der Waals surface area contributed by atoms with Gasteiger partial charge in [-0.2, -0.15) is 5.26 Å². The topological polar surface area (TPSA) is 27.0 Å². The van der Waals surface area contributed by atoms with Crippen LogP contribution in [-0.4, -0.2) is 30.2 Å². The Morgan fingerprint density at radius 2 is 1.60 bits per heavy atom. The minimum Gasteiger partial charge on any atom is -0.300 e. The first-order valence-corrected chi connectivity index (χ1v) is 6.07. The molecule has 2 aliphatic rings. The van der Waals surface area contributed by atoms with Crippen molar-refractivity contribution in [3.8, 4) is 6.07 Å². The quantitative estimate of drug-likeness (QED) is 0.665. The molecule has 0 aromatic rings. The zero-order chi connectivity index (χ0) is 10.7. The average molecular weight is 210 g/mol. The molecule has 0 unspecified atom stereocenters. The van der Waals surface area contributed by atoms with Crippen molar-refractivity contribution < 1.29 is 4.39 Å². The molecule has 1 aliphatic carbocycles. The number of alkyl halides is 1. The first-order valence-electron chi connectivity index (χ1n) is 6.07. The Hall–Kier alpha value is -0.620. The van der Waals surface area contributed by atoms with Crippen molar-refractivity contribution in [1.29, 1.82) is 5.26 Å². The summed E-state index contributed by atoms with van der Waals surface area (Å²) in [5.41, 5.74) is 0. The van der Waals surface area contributed by atoms with E-state index in [1.165, 1.54) is 0 Å². The molecule has 15 heavy (non-hydrogen) atoms. The summed E-state index contributed by atoms with van der Waals surface area (Å²) in [6, 6.07) is 2.98. The molecule has 1 saturated carbocycles. The monoisotopic (exact) mass is 210 g/mol. The molecule has 0 radical (unpaired) electrons. The summed E-state index contributed by atoms with van der Waals surface area (Å²) in [6.45, 7) is 1.84. The number of nitrogens with zero attached hydrogens (tertiary/aromatic N) is 2. The van der Waals surface area contributed by atoms with Gasteiger partial charge in [0.2, 0.25) is 0 Å². The molecule has 2 rings (SSSR count). The van der Waals surface area contributed by atoms with Crippen LogP contribution < -0.4 is 0 Å². The summed E-state index contributed by atoms with van der Waals surface area (Å²) in [5.74, 6) is 0.278. The second-order valence-corrected chi connectivity index (χ2v) is 4.85. The van der Waals surface area contributed by atoms with E-state index in [1.54, 1.807) is 0 Å². The van der Waals surface area contributed by atoms with Gasteiger partial charge < -0.3 is 4.90 Å². The summed E-state index contributed by atoms with van der Waals surface area (Å²) >= 11 is 0. The maximum Gasteiger partial charge on any atom is 0.103 e. The van der Waals surface area contributed by atoms with Gasteiger partial charge in [-0.15, -0.1) is 0 Å². The first kappa shape index (κ1) is 10.9. The standard InChI is InChI=1S/C12H19FN2/c13-11-5-7-15(8-6-11)12-3-1-10(9-14)2-4-12/h10-12H,1-8H2. The smallest absolute Gasteiger partial charge is 0.103 e. The lowest BCUT2D eigenvalue weighted by molar-refractivity contribution is 0.0864. The fourth-order valence-electron chi connectivity index (χ4n) is 2.80. The van der Waals surface area contributed by atoms with Crippen LogP contribution in [0.15, 0.2) is 0 Å². The third-order valence-electron chi connectivity index (χ3n) is 3.85. The zero-order valence-corrected chi connectivity index (χ0v) is 9.16. The van der Waals surface area contributed by atoms with E-state index in [2.05, 4.69) is 11.0 Å². The van der Waals surface area contributed by atoms with Crippen LogP contribution >= 0.6 is 0 Å². The van der Waals surface area contributed by atoms with Gasteiger partial charge in [0.1, 0.15) is 6.17 Å². The molecule has 0 spiro atoms. The van der Waals surface area contributed by atoms with Crippen molar-refractivity contribution in [2.24, 2.45) is 5.92 Å². The Balaban J connectivity index is 1.78. The molecule has 1 saturated heterocycles. The maximum absolute atomic E-state index is 13.0. The lowest BCUT2D eigenvalue weighted by atomic mass is 9.85. The molecule has 0 amide bonds. The fourth-order valence-corrected chi connectivity index (χ4v) is 2.80. The molecule has 1 aliphatic heterocycles. The Bertz CT molecular complexity index is 232. The predicted octanol–water partition coefficient (Wildman–Crippen LogP) is 2.50. The van der Waals surface area contributed by atoms with Crippen molar-refractivity contribution in [1.82, 2.24) is 4.90 Å². The third kappa shape index (κ3) is 2.69. The number of halogens is 1. The van der Waals surface area contributed by atoms with Gasteiger partial charge in [-0.3, -0.25) is 0 Å². The van der Waals surface area contributed by atoms with E-state index in [1.807, 2.05) is 0 Å². The fraction of sp³-hybridized carbons (Fsp3) is 0.917. The molecule has 3 heteroatoms. The highest BCUT2D eigenvalue weighted by Crippen LogP contribution is 2.29. The van der Waals surface area contributed by atoms with Gasteiger partial charge in [0.15, 0.2) is 0 Å². The Kier molecular flexibility index (Phi) is 3.58. The van der Waals surface area contributed by atoms with E-state index in [-0.39, 0.29) is 5.92 Å². The van der Waals surface area contributed by atoms with Gasteiger partial charge in [0, 0.05) is 25.0 Å². The summed E-state index contributed by atoms with van der Waals surface area (Å²) in [5, 5.41) is 8.81. The predicted molar refractivity (Wildman–Crippen MR) is 57.1 cm³/mol. The number of likely N-dealkylation sites (tertiary alicyclic amines) is 1. The van der Waals surface area contributed by atoms with Crippen molar-refractivity contribution >= 4 is 0 Å². The Morgan fingerprint density at radius 1 is 1.00 bits per heavy atom. The Labute approximate surface area is 91.1 Å². The molecule has 84 valence electrons. The highest BCUT2D eigenvalue weighted by atomic mass is 19.1. The molecule has 0 N–H and O–H groups in total. The van der Waals surface area contributed by atoms with Crippen LogP contribution in [0.5, 0.6) is 0 Å². The summed E-state index contributed by atoms with van der Waals surface area (Å²) in [4.78, 5) is 2.43. The van der Waals surface area contributed by atoms with E-state index in [0.29, 0.717) is 18.9 Å². The SMILES string of the molecule is N#CC1CCC(N2CCC(F)CC2)CC1. The lowest BCUT2D eigenvalue weighted by Gasteiger charge is -2.38. The highest BCUT2D eigenvalue weighted by molar-refractivity contribution is 4.90. The van der Waals surface area contributed by atoms with Gasteiger partial charge in [-0.05, 0) is 38.5 Å². The van der Waals surface area contributed by atoms with Crippen LogP contribution in [0.2, 0.25) is 0 Å². The van der Waals surface area contributed by atoms with Crippen LogP contribution in [0.3, 0.4) is 0 Å². The van der Waals surface area contributed by atoms with Crippen LogP contribution in [0.1, 0.15) is 38.5 Å². The first-order chi connectivity index (χ1) is 7.29. The number of piperidine rings is 1. The van der Waals surface area contributed by atoms with Gasteiger partial charge in [0.05, 0.1) is 6.07 Å². The van der Waals surface area contributed by atoms with Crippen molar-refractivity contribution in [3.63, 3.8) is 0 Å². The number of hydrogen-bond acceptors (Lipinski definition) is 2. The summed E-state index contributed by atoms with van der Waals surface area (Å²) in [6.07, 6.45) is 5.19. The minimum absolute atomic E-state index is 0.278. The van der Waals surface area contributed by atoms with Crippen molar-refractivity contribution in [2.45, 2.75) is 50.7 Å². The molecule has 1 heterocycles. The normalized spacial score (nSPS) is 34.9. The maximum atomic E-state index is 13.0. The number of nitriles is 1. The van der Waals surface area contributed by atoms with Gasteiger partial charge in [-0.1, -0.05) is 0 Å². The third-order valence-corrected chi connectivity index (χ3v) is 3.85. The van der Waals surface area contributed by atoms with Gasteiger partial charge >= 0.3 is 0 Å². The molecule has 0 atom stereocenters. The van der Waals surface area contributed by atoms with Gasteiger partial charge in [0.25, 0.3) is 0 Å². The van der Waals surface area contributed by atoms with Crippen LogP contribution in [0, 0.1) is 17.2 Å². The lowest BCUT2D eigenvalue weighted by Crippen LogP contribution is -2.43. The van der Waals surface area contributed by atoms with E-state index in [4.69, 9.17) is 5.26 Å².